The fourth-order valence-corrected chi connectivity index (χ4v) is 2.97. The number of hydrogen-bond acceptors (Lipinski definition) is 4. The van der Waals surface area contributed by atoms with Crippen LogP contribution in [0, 0.1) is 0 Å². The summed E-state index contributed by atoms with van der Waals surface area (Å²) >= 11 is 0. The minimum atomic E-state index is -0.0831. The lowest BCUT2D eigenvalue weighted by atomic mass is 10.1. The van der Waals surface area contributed by atoms with Gasteiger partial charge < -0.3 is 10.0 Å². The van der Waals surface area contributed by atoms with Crippen LogP contribution in [0.1, 0.15) is 28.5 Å². The minimum absolute atomic E-state index is 0.0631. The smallest absolute Gasteiger partial charge is 0.257 e. The molecule has 24 heavy (non-hydrogen) atoms. The lowest BCUT2D eigenvalue weighted by Crippen LogP contribution is -2.48. The van der Waals surface area contributed by atoms with Gasteiger partial charge in [-0.15, -0.1) is 0 Å². The SMILES string of the molecule is CCc1ccc(O)c(C(=O)N2CCN(Cc3ccccn3)CC2)c1. The molecule has 5 heteroatoms. The molecule has 1 aliphatic rings. The van der Waals surface area contributed by atoms with Gasteiger partial charge in [0, 0.05) is 38.9 Å². The monoisotopic (exact) mass is 325 g/mol. The van der Waals surface area contributed by atoms with E-state index in [-0.39, 0.29) is 11.7 Å². The molecule has 1 fully saturated rings. The molecule has 5 nitrogen and oxygen atoms in total. The number of pyridine rings is 1. The van der Waals surface area contributed by atoms with Crippen LogP contribution in [0.3, 0.4) is 0 Å². The predicted molar refractivity (Wildman–Crippen MR) is 92.9 cm³/mol. The number of piperazine rings is 1. The summed E-state index contributed by atoms with van der Waals surface area (Å²) in [5.41, 5.74) is 2.52. The first-order chi connectivity index (χ1) is 11.7. The summed E-state index contributed by atoms with van der Waals surface area (Å²) in [4.78, 5) is 21.2. The Labute approximate surface area is 142 Å². The Morgan fingerprint density at radius 3 is 2.62 bits per heavy atom. The number of phenols is 1. The summed E-state index contributed by atoms with van der Waals surface area (Å²) in [6, 6.07) is 11.2. The predicted octanol–water partition coefficient (Wildman–Crippen LogP) is 2.31. The summed E-state index contributed by atoms with van der Waals surface area (Å²) in [7, 11) is 0. The van der Waals surface area contributed by atoms with Crippen molar-refractivity contribution in [2.45, 2.75) is 19.9 Å². The van der Waals surface area contributed by atoms with Crippen LogP contribution in [0.4, 0.5) is 0 Å². The van der Waals surface area contributed by atoms with Crippen LogP contribution >= 0.6 is 0 Å². The zero-order valence-corrected chi connectivity index (χ0v) is 14.0. The van der Waals surface area contributed by atoms with Gasteiger partial charge in [-0.2, -0.15) is 0 Å². The summed E-state index contributed by atoms with van der Waals surface area (Å²) in [6.07, 6.45) is 2.65. The quantitative estimate of drug-likeness (QED) is 0.937. The van der Waals surface area contributed by atoms with E-state index in [0.717, 1.165) is 37.3 Å². The highest BCUT2D eigenvalue weighted by Gasteiger charge is 2.24. The highest BCUT2D eigenvalue weighted by Crippen LogP contribution is 2.21. The number of aryl methyl sites for hydroxylation is 1. The van der Waals surface area contributed by atoms with Crippen LogP contribution in [-0.4, -0.2) is 52.0 Å². The second-order valence-electron chi connectivity index (χ2n) is 6.09. The summed E-state index contributed by atoms with van der Waals surface area (Å²) < 4.78 is 0. The number of nitrogens with zero attached hydrogens (tertiary/aromatic N) is 3. The minimum Gasteiger partial charge on any atom is -0.507 e. The highest BCUT2D eigenvalue weighted by atomic mass is 16.3. The fourth-order valence-electron chi connectivity index (χ4n) is 2.97. The van der Waals surface area contributed by atoms with E-state index in [9.17, 15) is 9.90 Å². The Morgan fingerprint density at radius 2 is 1.96 bits per heavy atom. The summed E-state index contributed by atoms with van der Waals surface area (Å²) in [5.74, 6) is -0.0200. The largest absolute Gasteiger partial charge is 0.507 e. The Kier molecular flexibility index (Phi) is 5.11. The molecule has 1 aromatic heterocycles. The third-order valence-electron chi connectivity index (χ3n) is 4.47. The Bertz CT molecular complexity index is 695. The van der Waals surface area contributed by atoms with Crippen molar-refractivity contribution in [1.82, 2.24) is 14.8 Å². The molecular weight excluding hydrogens is 302 g/mol. The van der Waals surface area contributed by atoms with E-state index < -0.39 is 0 Å². The average Bonchev–Trinajstić information content (AvgIpc) is 2.63. The Morgan fingerprint density at radius 1 is 1.17 bits per heavy atom. The molecule has 0 atom stereocenters. The van der Waals surface area contributed by atoms with Gasteiger partial charge in [-0.1, -0.05) is 19.1 Å². The molecule has 1 aromatic carbocycles. The lowest BCUT2D eigenvalue weighted by Gasteiger charge is -2.34. The van der Waals surface area contributed by atoms with E-state index in [1.807, 2.05) is 36.1 Å². The second kappa shape index (κ2) is 7.45. The molecule has 0 saturated carbocycles. The van der Waals surface area contributed by atoms with E-state index in [0.29, 0.717) is 18.7 Å². The van der Waals surface area contributed by atoms with Crippen LogP contribution < -0.4 is 0 Å². The Hall–Kier alpha value is -2.40. The molecule has 0 radical (unpaired) electrons. The van der Waals surface area contributed by atoms with Crippen molar-refractivity contribution >= 4 is 5.91 Å². The number of aromatic nitrogens is 1. The van der Waals surface area contributed by atoms with Gasteiger partial charge in [-0.3, -0.25) is 14.7 Å². The molecule has 2 aromatic rings. The number of rotatable bonds is 4. The number of phenolic OH excluding ortho intramolecular Hbond substituents is 1. The molecule has 0 aliphatic carbocycles. The van der Waals surface area contributed by atoms with Gasteiger partial charge in [0.15, 0.2) is 0 Å². The van der Waals surface area contributed by atoms with Gasteiger partial charge in [-0.25, -0.2) is 0 Å². The molecule has 126 valence electrons. The molecule has 0 unspecified atom stereocenters. The first-order valence-corrected chi connectivity index (χ1v) is 8.41. The van der Waals surface area contributed by atoms with Crippen LogP contribution in [-0.2, 0) is 13.0 Å². The van der Waals surface area contributed by atoms with Gasteiger partial charge in [0.2, 0.25) is 0 Å². The van der Waals surface area contributed by atoms with Crippen LogP contribution in [0.15, 0.2) is 42.6 Å². The zero-order valence-electron chi connectivity index (χ0n) is 14.0. The van der Waals surface area contributed by atoms with Crippen molar-refractivity contribution in [3.8, 4) is 5.75 Å². The van der Waals surface area contributed by atoms with Crippen LogP contribution in [0.25, 0.3) is 0 Å². The molecule has 3 rings (SSSR count). The number of carbonyl (C=O) groups excluding carboxylic acids is 1. The third kappa shape index (κ3) is 3.74. The Balaban J connectivity index is 1.61. The van der Waals surface area contributed by atoms with E-state index >= 15 is 0 Å². The second-order valence-corrected chi connectivity index (χ2v) is 6.09. The van der Waals surface area contributed by atoms with Gasteiger partial charge in [0.05, 0.1) is 11.3 Å². The van der Waals surface area contributed by atoms with Gasteiger partial charge in [0.1, 0.15) is 5.75 Å². The van der Waals surface area contributed by atoms with Crippen molar-refractivity contribution in [3.05, 3.63) is 59.4 Å². The van der Waals surface area contributed by atoms with Crippen molar-refractivity contribution in [2.24, 2.45) is 0 Å². The number of carbonyl (C=O) groups is 1. The van der Waals surface area contributed by atoms with E-state index in [4.69, 9.17) is 0 Å². The van der Waals surface area contributed by atoms with Crippen LogP contribution in [0.2, 0.25) is 0 Å². The third-order valence-corrected chi connectivity index (χ3v) is 4.47. The number of amides is 1. The molecule has 1 amide bonds. The summed E-state index contributed by atoms with van der Waals surface area (Å²) in [5, 5.41) is 10.0. The van der Waals surface area contributed by atoms with Gasteiger partial charge in [0.25, 0.3) is 5.91 Å². The molecule has 1 saturated heterocycles. The zero-order chi connectivity index (χ0) is 16.9. The van der Waals surface area contributed by atoms with E-state index in [2.05, 4.69) is 9.88 Å². The number of aromatic hydroxyl groups is 1. The molecule has 1 N–H and O–H groups in total. The first kappa shape index (κ1) is 16.5. The first-order valence-electron chi connectivity index (χ1n) is 8.41. The van der Waals surface area contributed by atoms with Gasteiger partial charge in [-0.05, 0) is 36.2 Å². The molecule has 2 heterocycles. The normalized spacial score (nSPS) is 15.5. The van der Waals surface area contributed by atoms with Crippen LogP contribution in [0.5, 0.6) is 5.75 Å². The van der Waals surface area contributed by atoms with Crippen molar-refractivity contribution in [2.75, 3.05) is 26.2 Å². The topological polar surface area (TPSA) is 56.7 Å². The lowest BCUT2D eigenvalue weighted by molar-refractivity contribution is 0.0624. The van der Waals surface area contributed by atoms with Crippen molar-refractivity contribution in [1.29, 1.82) is 0 Å². The standard InChI is InChI=1S/C19H23N3O2/c1-2-15-6-7-18(23)17(13-15)19(24)22-11-9-21(10-12-22)14-16-5-3-4-8-20-16/h3-8,13,23H,2,9-12,14H2,1H3. The molecular formula is C19H23N3O2. The van der Waals surface area contributed by atoms with Crippen molar-refractivity contribution < 1.29 is 9.90 Å². The number of hydrogen-bond donors (Lipinski definition) is 1. The fraction of sp³-hybridized carbons (Fsp3) is 0.368. The maximum Gasteiger partial charge on any atom is 0.257 e. The number of benzene rings is 1. The maximum atomic E-state index is 12.7. The molecule has 1 aliphatic heterocycles. The molecule has 0 bridgehead atoms. The molecule has 0 spiro atoms. The van der Waals surface area contributed by atoms with Crippen molar-refractivity contribution in [3.63, 3.8) is 0 Å². The van der Waals surface area contributed by atoms with E-state index in [1.165, 1.54) is 0 Å². The van der Waals surface area contributed by atoms with Gasteiger partial charge >= 0.3 is 0 Å². The maximum absolute atomic E-state index is 12.7. The average molecular weight is 325 g/mol. The van der Waals surface area contributed by atoms with E-state index in [1.54, 1.807) is 18.3 Å². The summed E-state index contributed by atoms with van der Waals surface area (Å²) in [6.45, 7) is 5.81. The highest BCUT2D eigenvalue weighted by molar-refractivity contribution is 5.97.